The first kappa shape index (κ1) is 22.0. The number of rotatable bonds is 7. The maximum absolute atomic E-state index is 13.2. The van der Waals surface area contributed by atoms with E-state index in [2.05, 4.69) is 5.32 Å². The predicted molar refractivity (Wildman–Crippen MR) is 129 cm³/mol. The number of nitrogens with one attached hydrogen (secondary N) is 1. The Labute approximate surface area is 192 Å². The van der Waals surface area contributed by atoms with E-state index in [1.807, 2.05) is 55.5 Å². The molecule has 1 amide bonds. The highest BCUT2D eigenvalue weighted by molar-refractivity contribution is 6.13. The minimum Gasteiger partial charge on any atom is -0.497 e. The molecule has 6 nitrogen and oxygen atoms in total. The summed E-state index contributed by atoms with van der Waals surface area (Å²) in [6.07, 6.45) is 0.762. The molecule has 0 saturated heterocycles. The van der Waals surface area contributed by atoms with Crippen LogP contribution in [0, 0.1) is 0 Å². The molecule has 0 radical (unpaired) electrons. The molecule has 0 fully saturated rings. The SMILES string of the molecule is CCCOC(=O)c1ccc(NC(=O)c2cc(-c3ccc(OC)cc3)nc3ccccc23)cc1. The number of pyridine rings is 1. The van der Waals surface area contributed by atoms with Crippen molar-refractivity contribution in [3.63, 3.8) is 0 Å². The Morgan fingerprint density at radius 2 is 1.67 bits per heavy atom. The van der Waals surface area contributed by atoms with Crippen molar-refractivity contribution in [1.29, 1.82) is 0 Å². The number of carbonyl (C=O) groups excluding carboxylic acids is 2. The summed E-state index contributed by atoms with van der Waals surface area (Å²) in [5.74, 6) is 0.114. The highest BCUT2D eigenvalue weighted by atomic mass is 16.5. The number of para-hydroxylation sites is 1. The Kier molecular flexibility index (Phi) is 6.64. The van der Waals surface area contributed by atoms with Gasteiger partial charge in [0.1, 0.15) is 5.75 Å². The van der Waals surface area contributed by atoms with Crippen molar-refractivity contribution in [2.75, 3.05) is 19.0 Å². The van der Waals surface area contributed by atoms with Gasteiger partial charge in [0, 0.05) is 16.6 Å². The second-order valence-corrected chi connectivity index (χ2v) is 7.47. The molecule has 1 heterocycles. The number of carbonyl (C=O) groups is 2. The fraction of sp³-hybridized carbons (Fsp3) is 0.148. The van der Waals surface area contributed by atoms with Crippen LogP contribution in [0.3, 0.4) is 0 Å². The number of fused-ring (bicyclic) bond motifs is 1. The minimum atomic E-state index is -0.376. The molecule has 0 aliphatic carbocycles. The van der Waals surface area contributed by atoms with Crippen LogP contribution in [0.1, 0.15) is 34.1 Å². The molecule has 3 aromatic carbocycles. The molecule has 0 aliphatic heterocycles. The molecule has 0 atom stereocenters. The largest absolute Gasteiger partial charge is 0.497 e. The number of methoxy groups -OCH3 is 1. The van der Waals surface area contributed by atoms with Gasteiger partial charge in [-0.1, -0.05) is 25.1 Å². The highest BCUT2D eigenvalue weighted by Gasteiger charge is 2.15. The molecule has 0 saturated carbocycles. The van der Waals surface area contributed by atoms with E-state index in [9.17, 15) is 9.59 Å². The van der Waals surface area contributed by atoms with Gasteiger partial charge in [-0.25, -0.2) is 9.78 Å². The monoisotopic (exact) mass is 440 g/mol. The molecule has 4 aromatic rings. The Balaban J connectivity index is 1.62. The van der Waals surface area contributed by atoms with Crippen LogP contribution in [0.5, 0.6) is 5.75 Å². The lowest BCUT2D eigenvalue weighted by Crippen LogP contribution is -2.13. The number of hydrogen-bond donors (Lipinski definition) is 1. The van der Waals surface area contributed by atoms with E-state index in [4.69, 9.17) is 14.5 Å². The zero-order valence-corrected chi connectivity index (χ0v) is 18.5. The number of amides is 1. The number of benzene rings is 3. The van der Waals surface area contributed by atoms with Crippen molar-refractivity contribution < 1.29 is 19.1 Å². The first-order chi connectivity index (χ1) is 16.1. The van der Waals surface area contributed by atoms with Crippen LogP contribution >= 0.6 is 0 Å². The van der Waals surface area contributed by atoms with E-state index in [-0.39, 0.29) is 11.9 Å². The number of anilines is 1. The number of aromatic nitrogens is 1. The Bertz CT molecular complexity index is 1280. The van der Waals surface area contributed by atoms with Crippen molar-refractivity contribution in [2.45, 2.75) is 13.3 Å². The van der Waals surface area contributed by atoms with Crippen molar-refractivity contribution in [1.82, 2.24) is 4.98 Å². The van der Waals surface area contributed by atoms with Gasteiger partial charge in [0.05, 0.1) is 36.1 Å². The third kappa shape index (κ3) is 5.01. The van der Waals surface area contributed by atoms with Gasteiger partial charge in [-0.05, 0) is 67.1 Å². The third-order valence-electron chi connectivity index (χ3n) is 5.16. The molecule has 1 aromatic heterocycles. The van der Waals surface area contributed by atoms with Gasteiger partial charge in [0.2, 0.25) is 0 Å². The van der Waals surface area contributed by atoms with E-state index < -0.39 is 0 Å². The normalized spacial score (nSPS) is 10.6. The molecule has 0 unspecified atom stereocenters. The van der Waals surface area contributed by atoms with Gasteiger partial charge in [-0.3, -0.25) is 4.79 Å². The summed E-state index contributed by atoms with van der Waals surface area (Å²) in [6.45, 7) is 2.32. The molecule has 0 spiro atoms. The second kappa shape index (κ2) is 9.96. The number of hydrogen-bond acceptors (Lipinski definition) is 5. The van der Waals surface area contributed by atoms with Gasteiger partial charge in [0.15, 0.2) is 0 Å². The molecule has 6 heteroatoms. The van der Waals surface area contributed by atoms with Crippen LogP contribution in [0.15, 0.2) is 78.9 Å². The van der Waals surface area contributed by atoms with Crippen LogP contribution in [0.4, 0.5) is 5.69 Å². The lowest BCUT2D eigenvalue weighted by Gasteiger charge is -2.11. The van der Waals surface area contributed by atoms with E-state index in [1.165, 1.54) is 0 Å². The average molecular weight is 440 g/mol. The molecule has 1 N–H and O–H groups in total. The van der Waals surface area contributed by atoms with E-state index in [0.29, 0.717) is 29.1 Å². The van der Waals surface area contributed by atoms with Gasteiger partial charge in [-0.15, -0.1) is 0 Å². The number of ether oxygens (including phenoxy) is 2. The fourth-order valence-electron chi connectivity index (χ4n) is 3.44. The van der Waals surface area contributed by atoms with Crippen molar-refractivity contribution in [3.8, 4) is 17.0 Å². The Hall–Kier alpha value is -4.19. The highest BCUT2D eigenvalue weighted by Crippen LogP contribution is 2.27. The molecule has 166 valence electrons. The molecule has 0 aliphatic rings. The van der Waals surface area contributed by atoms with Crippen LogP contribution in [-0.4, -0.2) is 30.6 Å². The van der Waals surface area contributed by atoms with Gasteiger partial charge >= 0.3 is 5.97 Å². The quantitative estimate of drug-likeness (QED) is 0.371. The standard InChI is InChI=1S/C27H24N2O4/c1-3-16-33-27(31)19-8-12-20(13-9-19)28-26(30)23-17-25(18-10-14-21(32-2)15-11-18)29-24-7-5-4-6-22(23)24/h4-15,17H,3,16H2,1-2H3,(H,28,30). The van der Waals surface area contributed by atoms with E-state index in [1.54, 1.807) is 37.4 Å². The van der Waals surface area contributed by atoms with E-state index >= 15 is 0 Å². The number of nitrogens with zero attached hydrogens (tertiary/aromatic N) is 1. The summed E-state index contributed by atoms with van der Waals surface area (Å²) in [5, 5.41) is 3.67. The first-order valence-electron chi connectivity index (χ1n) is 10.7. The van der Waals surface area contributed by atoms with Crippen LogP contribution in [0.2, 0.25) is 0 Å². The zero-order chi connectivity index (χ0) is 23.2. The first-order valence-corrected chi connectivity index (χ1v) is 10.7. The summed E-state index contributed by atoms with van der Waals surface area (Å²) in [4.78, 5) is 29.9. The molecule has 0 bridgehead atoms. The summed E-state index contributed by atoms with van der Waals surface area (Å²) in [7, 11) is 1.62. The van der Waals surface area contributed by atoms with Gasteiger partial charge in [0.25, 0.3) is 5.91 Å². The van der Waals surface area contributed by atoms with Crippen LogP contribution < -0.4 is 10.1 Å². The van der Waals surface area contributed by atoms with Crippen molar-refractivity contribution in [2.24, 2.45) is 0 Å². The molecular weight excluding hydrogens is 416 g/mol. The predicted octanol–water partition coefficient (Wildman–Crippen LogP) is 5.73. The van der Waals surface area contributed by atoms with Crippen LogP contribution in [-0.2, 0) is 4.74 Å². The lowest BCUT2D eigenvalue weighted by atomic mass is 10.0. The number of esters is 1. The summed E-state index contributed by atoms with van der Waals surface area (Å²) in [5.41, 5.74) is 3.83. The molecular formula is C27H24N2O4. The van der Waals surface area contributed by atoms with E-state index in [0.717, 1.165) is 28.6 Å². The zero-order valence-electron chi connectivity index (χ0n) is 18.5. The Morgan fingerprint density at radius 3 is 2.36 bits per heavy atom. The second-order valence-electron chi connectivity index (χ2n) is 7.47. The average Bonchev–Trinajstić information content (AvgIpc) is 2.87. The van der Waals surface area contributed by atoms with Crippen molar-refractivity contribution >= 4 is 28.5 Å². The van der Waals surface area contributed by atoms with Gasteiger partial charge in [-0.2, -0.15) is 0 Å². The van der Waals surface area contributed by atoms with Crippen molar-refractivity contribution in [3.05, 3.63) is 90.0 Å². The molecule has 4 rings (SSSR count). The maximum Gasteiger partial charge on any atom is 0.338 e. The minimum absolute atomic E-state index is 0.260. The lowest BCUT2D eigenvalue weighted by molar-refractivity contribution is 0.0505. The fourth-order valence-corrected chi connectivity index (χ4v) is 3.44. The summed E-state index contributed by atoms with van der Waals surface area (Å²) in [6, 6.07) is 23.5. The molecule has 33 heavy (non-hydrogen) atoms. The smallest absolute Gasteiger partial charge is 0.338 e. The summed E-state index contributed by atoms with van der Waals surface area (Å²) >= 11 is 0. The Morgan fingerprint density at radius 1 is 0.939 bits per heavy atom. The topological polar surface area (TPSA) is 77.5 Å². The van der Waals surface area contributed by atoms with Gasteiger partial charge < -0.3 is 14.8 Å². The van der Waals surface area contributed by atoms with Crippen LogP contribution in [0.25, 0.3) is 22.2 Å². The maximum atomic E-state index is 13.2. The summed E-state index contributed by atoms with van der Waals surface area (Å²) < 4.78 is 10.4. The third-order valence-corrected chi connectivity index (χ3v) is 5.16.